The van der Waals surface area contributed by atoms with Gasteiger partial charge in [0, 0.05) is 16.5 Å². The third-order valence-electron chi connectivity index (χ3n) is 4.78. The van der Waals surface area contributed by atoms with E-state index < -0.39 is 0 Å². The number of rotatable bonds is 2. The van der Waals surface area contributed by atoms with Gasteiger partial charge in [-0.1, -0.05) is 20.8 Å². The number of fused-ring (bicyclic) bond motifs is 1. The molecule has 23 heavy (non-hydrogen) atoms. The van der Waals surface area contributed by atoms with Gasteiger partial charge in [-0.25, -0.2) is 4.98 Å². The number of aromatic nitrogens is 1. The average molecular weight is 328 g/mol. The molecule has 0 fully saturated rings. The molecule has 0 saturated carbocycles. The summed E-state index contributed by atoms with van der Waals surface area (Å²) in [6.07, 6.45) is 4.99. The molecule has 1 N–H and O–H groups in total. The van der Waals surface area contributed by atoms with Gasteiger partial charge < -0.3 is 5.32 Å². The maximum atomic E-state index is 12.6. The van der Waals surface area contributed by atoms with Gasteiger partial charge in [-0.15, -0.1) is 11.3 Å². The van der Waals surface area contributed by atoms with Crippen LogP contribution in [0.3, 0.4) is 0 Å². The number of amides is 1. The number of pyridine rings is 1. The monoisotopic (exact) mass is 328 g/mol. The Morgan fingerprint density at radius 3 is 2.87 bits per heavy atom. The quantitative estimate of drug-likeness (QED) is 0.856. The fraction of sp³-hybridized carbons (Fsp3) is 0.474. The molecule has 0 aliphatic heterocycles. The largest absolute Gasteiger partial charge is 0.307 e. The molecule has 4 heteroatoms. The smallest absolute Gasteiger partial charge is 0.257 e. The standard InChI is InChI=1S/C19H24N2OS/c1-12-7-8-20-17(9-12)21-18(22)15-11-23-16-10-13(19(2,3)4)5-6-14(15)16/h7-9,11,13H,5-6,10H2,1-4H3,(H,20,21,22). The zero-order chi connectivity index (χ0) is 16.6. The molecular formula is C19H24N2OS. The van der Waals surface area contributed by atoms with Gasteiger partial charge in [0.25, 0.3) is 5.91 Å². The normalized spacial score (nSPS) is 17.7. The van der Waals surface area contributed by atoms with Crippen LogP contribution in [-0.4, -0.2) is 10.9 Å². The van der Waals surface area contributed by atoms with Crippen molar-refractivity contribution in [3.05, 3.63) is 45.3 Å². The number of hydrogen-bond donors (Lipinski definition) is 1. The summed E-state index contributed by atoms with van der Waals surface area (Å²) in [5.41, 5.74) is 3.51. The Morgan fingerprint density at radius 2 is 2.17 bits per heavy atom. The Kier molecular flexibility index (Phi) is 4.28. The van der Waals surface area contributed by atoms with E-state index in [0.717, 1.165) is 30.4 Å². The van der Waals surface area contributed by atoms with Crippen LogP contribution in [0, 0.1) is 18.3 Å². The Labute approximate surface area is 142 Å². The summed E-state index contributed by atoms with van der Waals surface area (Å²) in [7, 11) is 0. The number of hydrogen-bond acceptors (Lipinski definition) is 3. The molecule has 2 aromatic heterocycles. The van der Waals surface area contributed by atoms with Crippen LogP contribution in [0.4, 0.5) is 5.82 Å². The van der Waals surface area contributed by atoms with Gasteiger partial charge in [-0.05, 0) is 60.8 Å². The summed E-state index contributed by atoms with van der Waals surface area (Å²) >= 11 is 1.73. The predicted octanol–water partition coefficient (Wildman–Crippen LogP) is 4.85. The van der Waals surface area contributed by atoms with Gasteiger partial charge in [-0.3, -0.25) is 4.79 Å². The lowest BCUT2D eigenvalue weighted by Gasteiger charge is -2.34. The van der Waals surface area contributed by atoms with Crippen molar-refractivity contribution in [2.45, 2.75) is 47.0 Å². The highest BCUT2D eigenvalue weighted by Gasteiger charge is 2.31. The molecule has 2 heterocycles. The number of carbonyl (C=O) groups is 1. The van der Waals surface area contributed by atoms with E-state index in [1.165, 1.54) is 10.4 Å². The van der Waals surface area contributed by atoms with E-state index in [1.54, 1.807) is 17.5 Å². The maximum absolute atomic E-state index is 12.6. The van der Waals surface area contributed by atoms with E-state index in [1.807, 2.05) is 24.4 Å². The van der Waals surface area contributed by atoms with Gasteiger partial charge in [0.2, 0.25) is 0 Å². The van der Waals surface area contributed by atoms with Crippen LogP contribution < -0.4 is 5.32 Å². The van der Waals surface area contributed by atoms with Crippen LogP contribution in [0.1, 0.15) is 53.6 Å². The molecule has 3 rings (SSSR count). The summed E-state index contributed by atoms with van der Waals surface area (Å²) in [6, 6.07) is 3.82. The third kappa shape index (κ3) is 3.47. The Balaban J connectivity index is 1.78. The van der Waals surface area contributed by atoms with Crippen molar-refractivity contribution in [2.75, 3.05) is 5.32 Å². The lowest BCUT2D eigenvalue weighted by atomic mass is 9.72. The van der Waals surface area contributed by atoms with Crippen LogP contribution in [0.2, 0.25) is 0 Å². The number of thiophene rings is 1. The van der Waals surface area contributed by atoms with Crippen molar-refractivity contribution >= 4 is 23.1 Å². The second-order valence-electron chi connectivity index (χ2n) is 7.53. The molecule has 3 nitrogen and oxygen atoms in total. The van der Waals surface area contributed by atoms with Crippen molar-refractivity contribution in [1.29, 1.82) is 0 Å². The molecule has 1 unspecified atom stereocenters. The van der Waals surface area contributed by atoms with E-state index in [2.05, 4.69) is 31.1 Å². The highest BCUT2D eigenvalue weighted by atomic mass is 32.1. The summed E-state index contributed by atoms with van der Waals surface area (Å²) in [6.45, 7) is 8.93. The van der Waals surface area contributed by atoms with Crippen LogP contribution >= 0.6 is 11.3 Å². The number of nitrogens with zero attached hydrogens (tertiary/aromatic N) is 1. The Hall–Kier alpha value is -1.68. The summed E-state index contributed by atoms with van der Waals surface area (Å²) < 4.78 is 0. The highest BCUT2D eigenvalue weighted by molar-refractivity contribution is 7.10. The van der Waals surface area contributed by atoms with Crippen molar-refractivity contribution in [1.82, 2.24) is 4.98 Å². The fourth-order valence-electron chi connectivity index (χ4n) is 3.23. The first-order valence-electron chi connectivity index (χ1n) is 8.18. The molecule has 0 spiro atoms. The predicted molar refractivity (Wildman–Crippen MR) is 96.2 cm³/mol. The van der Waals surface area contributed by atoms with Crippen LogP contribution in [0.5, 0.6) is 0 Å². The minimum Gasteiger partial charge on any atom is -0.307 e. The zero-order valence-electron chi connectivity index (χ0n) is 14.3. The Bertz CT molecular complexity index is 727. The maximum Gasteiger partial charge on any atom is 0.257 e. The second kappa shape index (κ2) is 6.08. The number of carbonyl (C=O) groups excluding carboxylic acids is 1. The molecular weight excluding hydrogens is 304 g/mol. The summed E-state index contributed by atoms with van der Waals surface area (Å²) in [5.74, 6) is 1.29. The highest BCUT2D eigenvalue weighted by Crippen LogP contribution is 2.40. The van der Waals surface area contributed by atoms with Crippen LogP contribution in [0.15, 0.2) is 23.7 Å². The van der Waals surface area contributed by atoms with Crippen molar-refractivity contribution in [3.63, 3.8) is 0 Å². The van der Waals surface area contributed by atoms with E-state index in [4.69, 9.17) is 0 Å². The number of aryl methyl sites for hydroxylation is 1. The molecule has 1 atom stereocenters. The lowest BCUT2D eigenvalue weighted by Crippen LogP contribution is -2.27. The summed E-state index contributed by atoms with van der Waals surface area (Å²) in [4.78, 5) is 18.2. The molecule has 0 aromatic carbocycles. The first kappa shape index (κ1) is 16.2. The third-order valence-corrected chi connectivity index (χ3v) is 5.83. The minimum absolute atomic E-state index is 0.0326. The summed E-state index contributed by atoms with van der Waals surface area (Å²) in [5, 5.41) is 4.95. The van der Waals surface area contributed by atoms with Gasteiger partial charge in [0.05, 0.1) is 5.56 Å². The molecule has 122 valence electrons. The second-order valence-corrected chi connectivity index (χ2v) is 8.49. The van der Waals surface area contributed by atoms with Crippen molar-refractivity contribution in [2.24, 2.45) is 11.3 Å². The van der Waals surface area contributed by atoms with E-state index in [0.29, 0.717) is 17.2 Å². The van der Waals surface area contributed by atoms with Crippen molar-refractivity contribution in [3.8, 4) is 0 Å². The topological polar surface area (TPSA) is 42.0 Å². The van der Waals surface area contributed by atoms with Gasteiger partial charge in [0.1, 0.15) is 5.82 Å². The van der Waals surface area contributed by atoms with Gasteiger partial charge in [0.15, 0.2) is 0 Å². The molecule has 1 aliphatic rings. The minimum atomic E-state index is -0.0326. The molecule has 0 bridgehead atoms. The van der Waals surface area contributed by atoms with Crippen LogP contribution in [0.25, 0.3) is 0 Å². The van der Waals surface area contributed by atoms with Gasteiger partial charge >= 0.3 is 0 Å². The number of anilines is 1. The zero-order valence-corrected chi connectivity index (χ0v) is 15.1. The first-order valence-corrected chi connectivity index (χ1v) is 9.06. The molecule has 2 aromatic rings. The van der Waals surface area contributed by atoms with E-state index in [-0.39, 0.29) is 5.91 Å². The molecule has 0 radical (unpaired) electrons. The fourth-order valence-corrected chi connectivity index (χ4v) is 4.39. The lowest BCUT2D eigenvalue weighted by molar-refractivity contribution is 0.102. The Morgan fingerprint density at radius 1 is 1.39 bits per heavy atom. The molecule has 0 saturated heterocycles. The molecule has 1 aliphatic carbocycles. The van der Waals surface area contributed by atoms with E-state index >= 15 is 0 Å². The average Bonchev–Trinajstić information content (AvgIpc) is 2.89. The van der Waals surface area contributed by atoms with Crippen LogP contribution in [-0.2, 0) is 12.8 Å². The molecule has 1 amide bonds. The first-order chi connectivity index (χ1) is 10.8. The van der Waals surface area contributed by atoms with E-state index in [9.17, 15) is 4.79 Å². The van der Waals surface area contributed by atoms with Gasteiger partial charge in [-0.2, -0.15) is 0 Å². The number of nitrogens with one attached hydrogen (secondary N) is 1. The van der Waals surface area contributed by atoms with Crippen molar-refractivity contribution < 1.29 is 4.79 Å². The SMILES string of the molecule is Cc1ccnc(NC(=O)c2csc3c2CCC(C(C)(C)C)C3)c1.